The Morgan fingerprint density at radius 3 is 2.72 bits per heavy atom. The van der Waals surface area contributed by atoms with E-state index in [0.29, 0.717) is 24.5 Å². The summed E-state index contributed by atoms with van der Waals surface area (Å²) < 4.78 is 46.8. The lowest BCUT2D eigenvalue weighted by molar-refractivity contribution is 0.0804. The number of anilines is 1. The number of rotatable bonds is 5. The monoisotopic (exact) mass is 498 g/mol. The van der Waals surface area contributed by atoms with Crippen molar-refractivity contribution in [3.05, 3.63) is 59.4 Å². The van der Waals surface area contributed by atoms with E-state index in [1.54, 1.807) is 18.3 Å². The highest BCUT2D eigenvalue weighted by atomic mass is 19.1. The second-order valence-corrected chi connectivity index (χ2v) is 8.14. The molecule has 2 amide bonds. The summed E-state index contributed by atoms with van der Waals surface area (Å²) in [5, 5.41) is 6.21. The van der Waals surface area contributed by atoms with E-state index in [4.69, 9.17) is 9.26 Å². The van der Waals surface area contributed by atoms with Crippen molar-refractivity contribution >= 4 is 23.3 Å². The predicted molar refractivity (Wildman–Crippen MR) is 121 cm³/mol. The molecule has 0 saturated carbocycles. The fraction of sp³-hybridized carbons (Fsp3) is 0.261. The smallest absolute Gasteiger partial charge is 0.409 e. The van der Waals surface area contributed by atoms with Crippen LogP contribution in [0.4, 0.5) is 19.3 Å². The first-order valence-electron chi connectivity index (χ1n) is 10.8. The van der Waals surface area contributed by atoms with Crippen molar-refractivity contribution in [1.82, 2.24) is 24.4 Å². The largest absolute Gasteiger partial charge is 0.495 e. The molecular formula is C23H20F2N6O5. The zero-order valence-electron chi connectivity index (χ0n) is 19.4. The van der Waals surface area contributed by atoms with Crippen LogP contribution in [-0.4, -0.2) is 63.7 Å². The summed E-state index contributed by atoms with van der Waals surface area (Å²) in [7, 11) is 2.76. The summed E-state index contributed by atoms with van der Waals surface area (Å²) in [5.41, 5.74) is -0.186. The maximum atomic E-state index is 15.5. The van der Waals surface area contributed by atoms with Gasteiger partial charge in [-0.3, -0.25) is 9.20 Å². The Morgan fingerprint density at radius 1 is 1.22 bits per heavy atom. The van der Waals surface area contributed by atoms with Crippen LogP contribution in [0.1, 0.15) is 27.9 Å². The molecule has 5 rings (SSSR count). The molecule has 1 aliphatic heterocycles. The van der Waals surface area contributed by atoms with Gasteiger partial charge in [-0.05, 0) is 25.1 Å². The highest BCUT2D eigenvalue weighted by molar-refractivity contribution is 6.04. The number of carbonyl (C=O) groups is 2. The molecule has 1 aliphatic rings. The third-order valence-electron chi connectivity index (χ3n) is 5.99. The van der Waals surface area contributed by atoms with Crippen molar-refractivity contribution in [2.75, 3.05) is 32.6 Å². The summed E-state index contributed by atoms with van der Waals surface area (Å²) in [5.74, 6) is -2.18. The van der Waals surface area contributed by atoms with Gasteiger partial charge in [0.1, 0.15) is 22.9 Å². The molecule has 13 heteroatoms. The molecule has 0 unspecified atom stereocenters. The van der Waals surface area contributed by atoms with E-state index >= 15 is 4.39 Å². The number of hydrogen-bond donors (Lipinski definition) is 1. The fourth-order valence-electron chi connectivity index (χ4n) is 3.88. The van der Waals surface area contributed by atoms with Crippen LogP contribution in [0.3, 0.4) is 0 Å². The number of carbonyl (C=O) groups excluding carboxylic acids is 2. The van der Waals surface area contributed by atoms with Crippen LogP contribution in [-0.2, 0) is 4.74 Å². The molecule has 4 heterocycles. The number of imidazole rings is 1. The summed E-state index contributed by atoms with van der Waals surface area (Å²) in [6.45, 7) is 1.93. The van der Waals surface area contributed by atoms with Gasteiger partial charge in [0.05, 0.1) is 43.8 Å². The molecule has 0 aliphatic carbocycles. The predicted octanol–water partition coefficient (Wildman–Crippen LogP) is 3.40. The number of hydrogen-bond acceptors (Lipinski definition) is 8. The first-order valence-corrected chi connectivity index (χ1v) is 10.8. The summed E-state index contributed by atoms with van der Waals surface area (Å²) in [6.07, 6.45) is 2.39. The molecule has 4 aromatic rings. The van der Waals surface area contributed by atoms with Crippen LogP contribution < -0.4 is 10.1 Å². The number of benzene rings is 1. The van der Waals surface area contributed by atoms with Crippen molar-refractivity contribution in [2.24, 2.45) is 0 Å². The highest BCUT2D eigenvalue weighted by Gasteiger charge is 2.36. The lowest BCUT2D eigenvalue weighted by Gasteiger charge is -2.35. The molecule has 36 heavy (non-hydrogen) atoms. The number of ether oxygens (including phenoxy) is 2. The van der Waals surface area contributed by atoms with E-state index in [1.165, 1.54) is 36.6 Å². The van der Waals surface area contributed by atoms with Crippen molar-refractivity contribution in [3.8, 4) is 17.1 Å². The summed E-state index contributed by atoms with van der Waals surface area (Å²) >= 11 is 0. The van der Waals surface area contributed by atoms with E-state index in [-0.39, 0.29) is 40.1 Å². The van der Waals surface area contributed by atoms with Gasteiger partial charge in [-0.25, -0.2) is 18.6 Å². The Balaban J connectivity index is 1.43. The molecular weight excluding hydrogens is 478 g/mol. The van der Waals surface area contributed by atoms with Crippen molar-refractivity contribution < 1.29 is 32.4 Å². The number of halogens is 2. The number of amides is 2. The average Bonchev–Trinajstić information content (AvgIpc) is 3.50. The van der Waals surface area contributed by atoms with Gasteiger partial charge in [0.25, 0.3) is 5.91 Å². The Morgan fingerprint density at radius 2 is 2.00 bits per heavy atom. The molecule has 0 spiro atoms. The minimum atomic E-state index is -0.925. The molecule has 0 radical (unpaired) electrons. The third-order valence-corrected chi connectivity index (χ3v) is 5.99. The molecule has 1 N–H and O–H groups in total. The highest BCUT2D eigenvalue weighted by Crippen LogP contribution is 2.33. The standard InChI is InChI=1S/C23H20F2N6O5/c1-11-15(24)6-14(20-28-22(36-29-20)12-8-30(9-12)23(33)35-3)18(25)19(11)27-21(32)16-7-26-17-5-4-13(34-2)10-31(16)17/h4-7,10,12H,8-9H2,1-3H3,(H,27,32). The van der Waals surface area contributed by atoms with E-state index in [1.807, 2.05) is 0 Å². The number of aromatic nitrogens is 4. The Labute approximate surface area is 202 Å². The SMILES string of the molecule is COC(=O)N1CC(c2nc(-c3cc(F)c(C)c(NC(=O)c4cnc5ccc(OC)cn45)c3F)no2)C1. The minimum absolute atomic E-state index is 0.0931. The minimum Gasteiger partial charge on any atom is -0.495 e. The maximum absolute atomic E-state index is 15.5. The van der Waals surface area contributed by atoms with Crippen LogP contribution >= 0.6 is 0 Å². The molecule has 0 bridgehead atoms. The molecule has 0 atom stereocenters. The first-order chi connectivity index (χ1) is 17.3. The third kappa shape index (κ3) is 3.87. The zero-order valence-corrected chi connectivity index (χ0v) is 19.4. The molecule has 1 saturated heterocycles. The lowest BCUT2D eigenvalue weighted by atomic mass is 10.0. The summed E-state index contributed by atoms with van der Waals surface area (Å²) in [4.78, 5) is 34.3. The van der Waals surface area contributed by atoms with Crippen LogP contribution in [0, 0.1) is 18.6 Å². The van der Waals surface area contributed by atoms with Gasteiger partial charge in [0, 0.05) is 18.7 Å². The number of methoxy groups -OCH3 is 2. The lowest BCUT2D eigenvalue weighted by Crippen LogP contribution is -2.48. The number of nitrogens with one attached hydrogen (secondary N) is 1. The average molecular weight is 498 g/mol. The van der Waals surface area contributed by atoms with Crippen LogP contribution in [0.5, 0.6) is 5.75 Å². The first kappa shape index (κ1) is 23.2. The second kappa shape index (κ2) is 8.91. The molecule has 186 valence electrons. The second-order valence-electron chi connectivity index (χ2n) is 8.14. The van der Waals surface area contributed by atoms with E-state index in [9.17, 15) is 14.0 Å². The fourth-order valence-corrected chi connectivity index (χ4v) is 3.88. The van der Waals surface area contributed by atoms with Gasteiger partial charge in [-0.1, -0.05) is 5.16 Å². The molecule has 1 aromatic carbocycles. The Bertz CT molecular complexity index is 1490. The van der Waals surface area contributed by atoms with E-state index in [0.717, 1.165) is 6.07 Å². The van der Waals surface area contributed by atoms with Crippen LogP contribution in [0.25, 0.3) is 17.0 Å². The van der Waals surface area contributed by atoms with Crippen LogP contribution in [0.2, 0.25) is 0 Å². The normalized spacial score (nSPS) is 13.5. The molecule has 3 aromatic heterocycles. The number of pyridine rings is 1. The quantitative estimate of drug-likeness (QED) is 0.444. The van der Waals surface area contributed by atoms with Crippen molar-refractivity contribution in [1.29, 1.82) is 0 Å². The topological polar surface area (TPSA) is 124 Å². The van der Waals surface area contributed by atoms with Gasteiger partial charge < -0.3 is 24.2 Å². The zero-order chi connectivity index (χ0) is 25.6. The van der Waals surface area contributed by atoms with Gasteiger partial charge in [-0.15, -0.1) is 0 Å². The van der Waals surface area contributed by atoms with Gasteiger partial charge in [0.15, 0.2) is 5.82 Å². The van der Waals surface area contributed by atoms with Crippen molar-refractivity contribution in [2.45, 2.75) is 12.8 Å². The Kier molecular flexibility index (Phi) is 5.74. The summed E-state index contributed by atoms with van der Waals surface area (Å²) in [6, 6.07) is 4.28. The number of fused-ring (bicyclic) bond motifs is 1. The van der Waals surface area contributed by atoms with E-state index < -0.39 is 23.6 Å². The maximum Gasteiger partial charge on any atom is 0.409 e. The number of likely N-dealkylation sites (tertiary alicyclic amines) is 1. The van der Waals surface area contributed by atoms with Crippen LogP contribution in [0.15, 0.2) is 35.1 Å². The van der Waals surface area contributed by atoms with Crippen molar-refractivity contribution in [3.63, 3.8) is 0 Å². The van der Waals surface area contributed by atoms with Gasteiger partial charge >= 0.3 is 6.09 Å². The Hall–Kier alpha value is -4.55. The number of nitrogens with zero attached hydrogens (tertiary/aromatic N) is 5. The molecule has 11 nitrogen and oxygen atoms in total. The molecule has 1 fully saturated rings. The van der Waals surface area contributed by atoms with E-state index in [2.05, 4.69) is 25.2 Å². The van der Waals surface area contributed by atoms with Gasteiger partial charge in [0.2, 0.25) is 11.7 Å². The van der Waals surface area contributed by atoms with Gasteiger partial charge in [-0.2, -0.15) is 4.98 Å².